The summed E-state index contributed by atoms with van der Waals surface area (Å²) in [6.07, 6.45) is 4.02. The van der Waals surface area contributed by atoms with Gasteiger partial charge < -0.3 is 31.2 Å². The van der Waals surface area contributed by atoms with Gasteiger partial charge in [-0.05, 0) is 66.2 Å². The second-order valence-electron chi connectivity index (χ2n) is 9.52. The van der Waals surface area contributed by atoms with E-state index in [0.717, 1.165) is 42.8 Å². The monoisotopic (exact) mass is 569 g/mol. The Bertz CT molecular complexity index is 1370. The molecule has 1 heterocycles. The number of aromatic nitrogens is 1. The van der Waals surface area contributed by atoms with Gasteiger partial charge in [-0.1, -0.05) is 31.0 Å². The summed E-state index contributed by atoms with van der Waals surface area (Å²) in [5.74, 6) is -1.25. The second-order valence-corrected chi connectivity index (χ2v) is 10.3. The number of benzene rings is 2. The van der Waals surface area contributed by atoms with E-state index in [0.29, 0.717) is 23.5 Å². The van der Waals surface area contributed by atoms with Gasteiger partial charge in [0.2, 0.25) is 5.91 Å². The molecule has 10 nitrogen and oxygen atoms in total. The van der Waals surface area contributed by atoms with Gasteiger partial charge in [-0.3, -0.25) is 14.4 Å². The van der Waals surface area contributed by atoms with Crippen LogP contribution in [0.5, 0.6) is 11.5 Å². The highest BCUT2D eigenvalue weighted by atomic mass is 32.1. The topological polar surface area (TPSA) is 150 Å². The number of methoxy groups -OCH3 is 2. The first-order valence-electron chi connectivity index (χ1n) is 12.9. The third-order valence-corrected chi connectivity index (χ3v) is 7.80. The molecular weight excluding hydrogens is 537 g/mol. The SMILES string of the molecule is COc1ccc(CCN(C(=O)c2snc(C(N)=O)c2N)C(C(=O)NC2CCCC2)c2ccc(F)cc2)cc1OC. The van der Waals surface area contributed by atoms with Gasteiger partial charge in [-0.15, -0.1) is 0 Å². The van der Waals surface area contributed by atoms with Gasteiger partial charge in [0.15, 0.2) is 17.2 Å². The number of ether oxygens (including phenoxy) is 2. The van der Waals surface area contributed by atoms with Crippen LogP contribution in [0.25, 0.3) is 0 Å². The summed E-state index contributed by atoms with van der Waals surface area (Å²) in [6, 6.07) is 9.71. The van der Waals surface area contributed by atoms with Gasteiger partial charge in [0.25, 0.3) is 11.8 Å². The lowest BCUT2D eigenvalue weighted by atomic mass is 10.0. The van der Waals surface area contributed by atoms with Crippen LogP contribution in [0.15, 0.2) is 42.5 Å². The van der Waals surface area contributed by atoms with Crippen LogP contribution >= 0.6 is 11.5 Å². The number of nitrogens with one attached hydrogen (secondary N) is 1. The highest BCUT2D eigenvalue weighted by Gasteiger charge is 2.35. The molecule has 5 N–H and O–H groups in total. The van der Waals surface area contributed by atoms with Crippen molar-refractivity contribution < 1.29 is 28.2 Å². The Morgan fingerprint density at radius 3 is 2.38 bits per heavy atom. The molecule has 12 heteroatoms. The first-order chi connectivity index (χ1) is 19.2. The maximum Gasteiger partial charge on any atom is 0.270 e. The van der Waals surface area contributed by atoms with Crippen molar-refractivity contribution in [1.29, 1.82) is 0 Å². The number of anilines is 1. The van der Waals surface area contributed by atoms with E-state index >= 15 is 0 Å². The van der Waals surface area contributed by atoms with E-state index in [4.69, 9.17) is 20.9 Å². The van der Waals surface area contributed by atoms with E-state index in [-0.39, 0.29) is 28.8 Å². The van der Waals surface area contributed by atoms with Crippen LogP contribution < -0.4 is 26.3 Å². The number of nitrogens with two attached hydrogens (primary N) is 2. The van der Waals surface area contributed by atoms with Crippen LogP contribution in [0.1, 0.15) is 63.0 Å². The molecule has 1 saturated carbocycles. The summed E-state index contributed by atoms with van der Waals surface area (Å²) in [6.45, 7) is 0.0810. The zero-order chi connectivity index (χ0) is 28.8. The van der Waals surface area contributed by atoms with Gasteiger partial charge in [-0.2, -0.15) is 4.37 Å². The molecule has 4 rings (SSSR count). The Labute approximate surface area is 235 Å². The number of rotatable bonds is 11. The molecule has 0 bridgehead atoms. The number of carbonyl (C=O) groups is 3. The molecule has 3 amide bonds. The maximum atomic E-state index is 14.0. The number of carbonyl (C=O) groups excluding carboxylic acids is 3. The molecule has 0 spiro atoms. The highest BCUT2D eigenvalue weighted by Crippen LogP contribution is 2.32. The molecule has 2 aromatic carbocycles. The van der Waals surface area contributed by atoms with E-state index in [1.807, 2.05) is 6.07 Å². The molecule has 40 heavy (non-hydrogen) atoms. The normalized spacial score (nSPS) is 14.0. The van der Waals surface area contributed by atoms with Gasteiger partial charge in [0.05, 0.1) is 19.9 Å². The average molecular weight is 570 g/mol. The van der Waals surface area contributed by atoms with E-state index in [1.54, 1.807) is 12.1 Å². The lowest BCUT2D eigenvalue weighted by Crippen LogP contribution is -2.46. The fourth-order valence-corrected chi connectivity index (χ4v) is 5.62. The van der Waals surface area contributed by atoms with E-state index in [2.05, 4.69) is 9.69 Å². The Morgan fingerprint density at radius 1 is 1.10 bits per heavy atom. The van der Waals surface area contributed by atoms with Crippen molar-refractivity contribution in [2.24, 2.45) is 5.73 Å². The van der Waals surface area contributed by atoms with Crippen LogP contribution in [-0.2, 0) is 11.2 Å². The fraction of sp³-hybridized carbons (Fsp3) is 0.357. The molecule has 1 unspecified atom stereocenters. The largest absolute Gasteiger partial charge is 0.493 e. The standard InChI is InChI=1S/C28H32FN5O5S/c1-38-20-12-7-16(15-21(20)39-2)13-14-34(28(37)25-22(30)23(26(31)35)33-40-25)24(17-8-10-18(29)11-9-17)27(36)32-19-5-3-4-6-19/h7-12,15,19,24H,3-6,13-14,30H2,1-2H3,(H2,31,35)(H,32,36). The Balaban J connectivity index is 1.74. The first-order valence-corrected chi connectivity index (χ1v) is 13.6. The summed E-state index contributed by atoms with van der Waals surface area (Å²) >= 11 is 0.738. The van der Waals surface area contributed by atoms with Gasteiger partial charge in [-0.25, -0.2) is 4.39 Å². The summed E-state index contributed by atoms with van der Waals surface area (Å²) in [5, 5.41) is 3.07. The van der Waals surface area contributed by atoms with E-state index in [9.17, 15) is 18.8 Å². The molecule has 1 aliphatic carbocycles. The molecular formula is C28H32FN5O5S. The van der Waals surface area contributed by atoms with Crippen LogP contribution in [0.2, 0.25) is 0 Å². The molecule has 1 atom stereocenters. The van der Waals surface area contributed by atoms with E-state index < -0.39 is 29.6 Å². The predicted octanol–water partition coefficient (Wildman–Crippen LogP) is 3.47. The van der Waals surface area contributed by atoms with Crippen LogP contribution in [0.4, 0.5) is 10.1 Å². The number of hydrogen-bond donors (Lipinski definition) is 3. The molecule has 212 valence electrons. The molecule has 1 fully saturated rings. The fourth-order valence-electron chi connectivity index (χ4n) is 4.86. The predicted molar refractivity (Wildman–Crippen MR) is 149 cm³/mol. The summed E-state index contributed by atoms with van der Waals surface area (Å²) in [7, 11) is 3.06. The maximum absolute atomic E-state index is 14.0. The number of primary amides is 1. The van der Waals surface area contributed by atoms with Crippen molar-refractivity contribution in [3.63, 3.8) is 0 Å². The molecule has 0 radical (unpaired) electrons. The molecule has 0 aliphatic heterocycles. The van der Waals surface area contributed by atoms with Crippen molar-refractivity contribution in [2.45, 2.75) is 44.2 Å². The van der Waals surface area contributed by atoms with Crippen molar-refractivity contribution >= 4 is 34.9 Å². The zero-order valence-corrected chi connectivity index (χ0v) is 23.1. The number of nitrogen functional groups attached to an aromatic ring is 1. The van der Waals surface area contributed by atoms with Crippen LogP contribution in [-0.4, -0.2) is 53.8 Å². The summed E-state index contributed by atoms with van der Waals surface area (Å²) in [4.78, 5) is 41.0. The van der Waals surface area contributed by atoms with Crippen molar-refractivity contribution in [3.05, 3.63) is 70.0 Å². The molecule has 1 aromatic heterocycles. The number of hydrogen-bond acceptors (Lipinski definition) is 8. The third-order valence-electron chi connectivity index (χ3n) is 6.95. The quantitative estimate of drug-likeness (QED) is 0.320. The first kappa shape index (κ1) is 28.8. The van der Waals surface area contributed by atoms with Crippen molar-refractivity contribution in [1.82, 2.24) is 14.6 Å². The Hall–Kier alpha value is -4.19. The van der Waals surface area contributed by atoms with Gasteiger partial charge in [0, 0.05) is 12.6 Å². The minimum absolute atomic E-state index is 0.0121. The Morgan fingerprint density at radius 2 is 1.77 bits per heavy atom. The van der Waals surface area contributed by atoms with Crippen LogP contribution in [0, 0.1) is 5.82 Å². The molecule has 1 aliphatic rings. The smallest absolute Gasteiger partial charge is 0.270 e. The summed E-state index contributed by atoms with van der Waals surface area (Å²) in [5.41, 5.74) is 12.4. The number of nitrogens with zero attached hydrogens (tertiary/aromatic N) is 2. The minimum Gasteiger partial charge on any atom is -0.493 e. The summed E-state index contributed by atoms with van der Waals surface area (Å²) < 4.78 is 28.6. The molecule has 0 saturated heterocycles. The lowest BCUT2D eigenvalue weighted by Gasteiger charge is -2.32. The number of amides is 3. The number of halogens is 1. The van der Waals surface area contributed by atoms with Crippen LogP contribution in [0.3, 0.4) is 0 Å². The minimum atomic E-state index is -1.10. The van der Waals surface area contributed by atoms with Crippen molar-refractivity contribution in [3.8, 4) is 11.5 Å². The van der Waals surface area contributed by atoms with E-state index in [1.165, 1.54) is 43.4 Å². The average Bonchev–Trinajstić information content (AvgIpc) is 3.60. The second kappa shape index (κ2) is 12.8. The zero-order valence-electron chi connectivity index (χ0n) is 22.3. The Kier molecular flexibility index (Phi) is 9.20. The highest BCUT2D eigenvalue weighted by molar-refractivity contribution is 7.09. The molecule has 3 aromatic rings. The van der Waals surface area contributed by atoms with Crippen molar-refractivity contribution in [2.75, 3.05) is 26.5 Å². The van der Waals surface area contributed by atoms with Gasteiger partial charge in [0.1, 0.15) is 16.7 Å². The van der Waals surface area contributed by atoms with Gasteiger partial charge >= 0.3 is 0 Å². The lowest BCUT2D eigenvalue weighted by molar-refractivity contribution is -0.126. The third kappa shape index (κ3) is 6.33.